The predicted molar refractivity (Wildman–Crippen MR) is 69.2 cm³/mol. The van der Waals surface area contributed by atoms with Gasteiger partial charge in [-0.15, -0.1) is 0 Å². The van der Waals surface area contributed by atoms with Crippen LogP contribution in [0.3, 0.4) is 0 Å². The number of ketones is 1. The lowest BCUT2D eigenvalue weighted by Crippen LogP contribution is -2.14. The fraction of sp³-hybridized carbons (Fsp3) is 0.0667. The van der Waals surface area contributed by atoms with Crippen molar-refractivity contribution < 1.29 is 19.4 Å². The van der Waals surface area contributed by atoms with Gasteiger partial charge in [-0.3, -0.25) is 4.79 Å². The van der Waals surface area contributed by atoms with Gasteiger partial charge in [-0.1, -0.05) is 30.3 Å². The van der Waals surface area contributed by atoms with Crippen molar-refractivity contribution >= 4 is 11.8 Å². The number of ether oxygens (including phenoxy) is 1. The number of rotatable bonds is 4. The maximum Gasteiger partial charge on any atom is 0.338 e. The third-order valence-electron chi connectivity index (χ3n) is 2.53. The Morgan fingerprint density at radius 2 is 1.53 bits per heavy atom. The molecule has 4 heteroatoms. The molecule has 0 amide bonds. The topological polar surface area (TPSA) is 63.6 Å². The fourth-order valence-electron chi connectivity index (χ4n) is 1.52. The van der Waals surface area contributed by atoms with Gasteiger partial charge in [0.15, 0.2) is 12.4 Å². The number of aromatic hydroxyl groups is 1. The highest BCUT2D eigenvalue weighted by atomic mass is 16.5. The third kappa shape index (κ3) is 3.42. The number of Topliss-reactive ketones (excluding diaryl/α,β-unsaturated/α-hetero) is 1. The maximum atomic E-state index is 11.7. The molecule has 0 heterocycles. The van der Waals surface area contributed by atoms with Crippen molar-refractivity contribution in [2.24, 2.45) is 0 Å². The van der Waals surface area contributed by atoms with Crippen molar-refractivity contribution in [1.29, 1.82) is 0 Å². The van der Waals surface area contributed by atoms with E-state index in [1.54, 1.807) is 30.3 Å². The minimum absolute atomic E-state index is 0.0666. The molecule has 0 atom stereocenters. The largest absolute Gasteiger partial charge is 0.508 e. The summed E-state index contributed by atoms with van der Waals surface area (Å²) in [5.74, 6) is -0.783. The van der Waals surface area contributed by atoms with Gasteiger partial charge >= 0.3 is 5.97 Å². The van der Waals surface area contributed by atoms with Crippen LogP contribution in [0.1, 0.15) is 20.7 Å². The molecule has 0 aliphatic heterocycles. The number of hydrogen-bond donors (Lipinski definition) is 1. The molecule has 0 fully saturated rings. The second-order valence-electron chi connectivity index (χ2n) is 3.91. The van der Waals surface area contributed by atoms with E-state index < -0.39 is 5.97 Å². The lowest BCUT2D eigenvalue weighted by Gasteiger charge is -2.04. The third-order valence-corrected chi connectivity index (χ3v) is 2.53. The molecule has 1 N–H and O–H groups in total. The highest BCUT2D eigenvalue weighted by Gasteiger charge is 2.11. The number of carbonyl (C=O) groups excluding carboxylic acids is 2. The standard InChI is InChI=1S/C15H12O4/c16-13-8-6-12(7-9-13)15(18)19-10-14(17)11-4-2-1-3-5-11/h1-9,16H,10H2. The summed E-state index contributed by atoms with van der Waals surface area (Å²) < 4.78 is 4.91. The molecule has 0 radical (unpaired) electrons. The van der Waals surface area contributed by atoms with Crippen LogP contribution >= 0.6 is 0 Å². The average molecular weight is 256 g/mol. The van der Waals surface area contributed by atoms with E-state index in [2.05, 4.69) is 0 Å². The summed E-state index contributed by atoms with van der Waals surface area (Å²) in [6.07, 6.45) is 0. The molecule has 0 spiro atoms. The highest BCUT2D eigenvalue weighted by Crippen LogP contribution is 2.10. The van der Waals surface area contributed by atoms with Crippen molar-refractivity contribution in [1.82, 2.24) is 0 Å². The van der Waals surface area contributed by atoms with Crippen LogP contribution in [-0.4, -0.2) is 23.5 Å². The molecule has 0 aliphatic carbocycles. The van der Waals surface area contributed by atoms with Crippen LogP contribution in [0.5, 0.6) is 5.75 Å². The molecule has 0 unspecified atom stereocenters. The first kappa shape index (κ1) is 12.8. The van der Waals surface area contributed by atoms with E-state index in [1.807, 2.05) is 0 Å². The van der Waals surface area contributed by atoms with Crippen LogP contribution in [0.4, 0.5) is 0 Å². The zero-order valence-electron chi connectivity index (χ0n) is 10.1. The van der Waals surface area contributed by atoms with Gasteiger partial charge in [0.1, 0.15) is 5.75 Å². The number of carbonyl (C=O) groups is 2. The van der Waals surface area contributed by atoms with Crippen LogP contribution < -0.4 is 0 Å². The molecule has 4 nitrogen and oxygen atoms in total. The van der Waals surface area contributed by atoms with Gasteiger partial charge in [-0.25, -0.2) is 4.79 Å². The molecule has 0 aromatic heterocycles. The summed E-state index contributed by atoms with van der Waals surface area (Å²) in [4.78, 5) is 23.4. The molecular formula is C15H12O4. The van der Waals surface area contributed by atoms with Gasteiger partial charge < -0.3 is 9.84 Å². The number of phenols is 1. The van der Waals surface area contributed by atoms with Crippen molar-refractivity contribution in [2.75, 3.05) is 6.61 Å². The number of benzene rings is 2. The molecule has 19 heavy (non-hydrogen) atoms. The van der Waals surface area contributed by atoms with E-state index in [0.29, 0.717) is 11.1 Å². The summed E-state index contributed by atoms with van der Waals surface area (Å²) in [6.45, 7) is -0.302. The Labute approximate surface area is 110 Å². The minimum atomic E-state index is -0.593. The van der Waals surface area contributed by atoms with E-state index >= 15 is 0 Å². The lowest BCUT2D eigenvalue weighted by molar-refractivity contribution is 0.0474. The second kappa shape index (κ2) is 5.82. The Balaban J connectivity index is 1.94. The normalized spacial score (nSPS) is 9.89. The minimum Gasteiger partial charge on any atom is -0.508 e. The quantitative estimate of drug-likeness (QED) is 0.674. The van der Waals surface area contributed by atoms with E-state index in [0.717, 1.165) is 0 Å². The van der Waals surface area contributed by atoms with E-state index in [1.165, 1.54) is 24.3 Å². The highest BCUT2D eigenvalue weighted by molar-refractivity contribution is 5.99. The molecule has 0 aliphatic rings. The molecule has 0 saturated carbocycles. The first-order valence-corrected chi connectivity index (χ1v) is 5.71. The molecule has 96 valence electrons. The summed E-state index contributed by atoms with van der Waals surface area (Å²) in [6, 6.07) is 14.3. The summed E-state index contributed by atoms with van der Waals surface area (Å²) >= 11 is 0. The lowest BCUT2D eigenvalue weighted by atomic mass is 10.1. The molecular weight excluding hydrogens is 244 g/mol. The van der Waals surface area contributed by atoms with E-state index in [4.69, 9.17) is 9.84 Å². The van der Waals surface area contributed by atoms with Crippen molar-refractivity contribution in [3.05, 3.63) is 65.7 Å². The Morgan fingerprint density at radius 3 is 2.16 bits per heavy atom. The van der Waals surface area contributed by atoms with Gasteiger partial charge in [0, 0.05) is 5.56 Å². The Hall–Kier alpha value is -2.62. The molecule has 2 aromatic carbocycles. The summed E-state index contributed by atoms with van der Waals surface area (Å²) in [7, 11) is 0. The van der Waals surface area contributed by atoms with E-state index in [-0.39, 0.29) is 18.1 Å². The molecule has 2 aromatic rings. The first-order chi connectivity index (χ1) is 9.16. The van der Waals surface area contributed by atoms with Gasteiger partial charge in [0.25, 0.3) is 0 Å². The first-order valence-electron chi connectivity index (χ1n) is 5.71. The maximum absolute atomic E-state index is 11.7. The number of esters is 1. The van der Waals surface area contributed by atoms with Crippen LogP contribution in [0.2, 0.25) is 0 Å². The fourth-order valence-corrected chi connectivity index (χ4v) is 1.52. The Kier molecular flexibility index (Phi) is 3.93. The molecule has 0 bridgehead atoms. The van der Waals surface area contributed by atoms with Crippen molar-refractivity contribution in [3.8, 4) is 5.75 Å². The average Bonchev–Trinajstić information content (AvgIpc) is 2.46. The smallest absolute Gasteiger partial charge is 0.338 e. The summed E-state index contributed by atoms with van der Waals surface area (Å²) in [5, 5.41) is 9.10. The number of hydrogen-bond acceptors (Lipinski definition) is 4. The van der Waals surface area contributed by atoms with Crippen LogP contribution in [0.25, 0.3) is 0 Å². The predicted octanol–water partition coefficient (Wildman–Crippen LogP) is 2.43. The van der Waals surface area contributed by atoms with Crippen molar-refractivity contribution in [3.63, 3.8) is 0 Å². The SMILES string of the molecule is O=C(COC(=O)c1ccc(O)cc1)c1ccccc1. The zero-order valence-corrected chi connectivity index (χ0v) is 10.1. The van der Waals surface area contributed by atoms with Gasteiger partial charge in [0.05, 0.1) is 5.56 Å². The van der Waals surface area contributed by atoms with Crippen LogP contribution in [0, 0.1) is 0 Å². The molecule has 2 rings (SSSR count). The van der Waals surface area contributed by atoms with Crippen LogP contribution in [-0.2, 0) is 4.74 Å². The number of phenolic OH excluding ortho intramolecular Hbond substituents is 1. The van der Waals surface area contributed by atoms with E-state index in [9.17, 15) is 9.59 Å². The van der Waals surface area contributed by atoms with Gasteiger partial charge in [-0.05, 0) is 24.3 Å². The Bertz CT molecular complexity index is 573. The van der Waals surface area contributed by atoms with Crippen LogP contribution in [0.15, 0.2) is 54.6 Å². The van der Waals surface area contributed by atoms with Crippen molar-refractivity contribution in [2.45, 2.75) is 0 Å². The summed E-state index contributed by atoms with van der Waals surface area (Å²) in [5.41, 5.74) is 0.791. The van der Waals surface area contributed by atoms with Gasteiger partial charge in [0.2, 0.25) is 0 Å². The zero-order chi connectivity index (χ0) is 13.7. The molecule has 0 saturated heterocycles. The van der Waals surface area contributed by atoms with Gasteiger partial charge in [-0.2, -0.15) is 0 Å². The Morgan fingerprint density at radius 1 is 0.895 bits per heavy atom. The second-order valence-corrected chi connectivity index (χ2v) is 3.91. The monoisotopic (exact) mass is 256 g/mol.